The summed E-state index contributed by atoms with van der Waals surface area (Å²) in [6.45, 7) is 1.94. The molecule has 28 heavy (non-hydrogen) atoms. The van der Waals surface area contributed by atoms with E-state index in [1.807, 2.05) is 6.92 Å². The number of hydrogen-bond donors (Lipinski definition) is 3. The van der Waals surface area contributed by atoms with Gasteiger partial charge in [-0.2, -0.15) is 13.2 Å². The average Bonchev–Trinajstić information content (AvgIpc) is 3.46. The summed E-state index contributed by atoms with van der Waals surface area (Å²) in [5.74, 6) is -0.616. The standard InChI is InChI=1S/C18H23BrF3N3O3/c1-3-10(8-26)15(23)17(2,11-4-5-11)25-16(27)13-6-14(12(19)7-24-13)28-9-18(20,21)22/h6-7,11,26H,3-5,8-9,23H2,1-2H3,(H,25,27)/b15-10-. The van der Waals surface area contributed by atoms with Crippen LogP contribution in [0.4, 0.5) is 13.2 Å². The number of carbonyl (C=O) groups is 1. The van der Waals surface area contributed by atoms with Gasteiger partial charge in [-0.25, -0.2) is 4.98 Å². The number of aliphatic hydroxyl groups excluding tert-OH is 1. The van der Waals surface area contributed by atoms with Crippen molar-refractivity contribution in [1.29, 1.82) is 0 Å². The second-order valence-corrected chi connectivity index (χ2v) is 7.72. The van der Waals surface area contributed by atoms with Gasteiger partial charge in [-0.3, -0.25) is 4.79 Å². The highest BCUT2D eigenvalue weighted by Crippen LogP contribution is 2.43. The summed E-state index contributed by atoms with van der Waals surface area (Å²) in [6.07, 6.45) is -1.02. The van der Waals surface area contributed by atoms with E-state index in [1.54, 1.807) is 6.92 Å². The van der Waals surface area contributed by atoms with Crippen LogP contribution in [-0.2, 0) is 0 Å². The lowest BCUT2D eigenvalue weighted by molar-refractivity contribution is -0.153. The van der Waals surface area contributed by atoms with Crippen molar-refractivity contribution in [2.75, 3.05) is 13.2 Å². The van der Waals surface area contributed by atoms with Crippen molar-refractivity contribution in [3.05, 3.63) is 33.7 Å². The highest BCUT2D eigenvalue weighted by Gasteiger charge is 2.45. The molecule has 1 heterocycles. The van der Waals surface area contributed by atoms with Crippen LogP contribution < -0.4 is 15.8 Å². The first-order valence-electron chi connectivity index (χ1n) is 8.78. The Hall–Kier alpha value is -1.81. The topological polar surface area (TPSA) is 97.5 Å². The first-order chi connectivity index (χ1) is 13.0. The summed E-state index contributed by atoms with van der Waals surface area (Å²) < 4.78 is 42.2. The molecule has 1 aliphatic carbocycles. The van der Waals surface area contributed by atoms with Crippen molar-refractivity contribution in [2.45, 2.75) is 44.8 Å². The Morgan fingerprint density at radius 1 is 1.46 bits per heavy atom. The van der Waals surface area contributed by atoms with Crippen molar-refractivity contribution in [3.63, 3.8) is 0 Å². The summed E-state index contributed by atoms with van der Waals surface area (Å²) in [5.41, 5.74) is 6.32. The zero-order valence-electron chi connectivity index (χ0n) is 15.6. The second-order valence-electron chi connectivity index (χ2n) is 6.86. The molecule has 1 saturated carbocycles. The molecule has 1 fully saturated rings. The minimum absolute atomic E-state index is 0.0953. The third kappa shape index (κ3) is 5.38. The SMILES string of the molecule is CC/C(CO)=C(/N)C(C)(NC(=O)c1cc(OCC(F)(F)F)c(Br)cn1)C1CC1. The molecule has 156 valence electrons. The van der Waals surface area contributed by atoms with Gasteiger partial charge in [0.05, 0.1) is 16.6 Å². The fourth-order valence-corrected chi connectivity index (χ4v) is 3.25. The van der Waals surface area contributed by atoms with Gasteiger partial charge in [-0.1, -0.05) is 6.92 Å². The third-order valence-electron chi connectivity index (χ3n) is 4.77. The molecule has 1 amide bonds. The first kappa shape index (κ1) is 22.5. The highest BCUT2D eigenvalue weighted by atomic mass is 79.9. The maximum Gasteiger partial charge on any atom is 0.422 e. The van der Waals surface area contributed by atoms with Gasteiger partial charge in [0.15, 0.2) is 6.61 Å². The molecule has 1 unspecified atom stereocenters. The van der Waals surface area contributed by atoms with Crippen LogP contribution in [-0.4, -0.2) is 40.9 Å². The molecule has 1 aromatic rings. The number of aromatic nitrogens is 1. The van der Waals surface area contributed by atoms with E-state index in [9.17, 15) is 23.1 Å². The lowest BCUT2D eigenvalue weighted by atomic mass is 9.88. The molecule has 0 saturated heterocycles. The molecule has 1 aliphatic rings. The summed E-state index contributed by atoms with van der Waals surface area (Å²) in [4.78, 5) is 16.7. The van der Waals surface area contributed by atoms with Gasteiger partial charge >= 0.3 is 6.18 Å². The number of hydrogen-bond acceptors (Lipinski definition) is 5. The van der Waals surface area contributed by atoms with E-state index < -0.39 is 24.2 Å². The Bertz CT molecular complexity index is 760. The van der Waals surface area contributed by atoms with Crippen LogP contribution in [0.2, 0.25) is 0 Å². The number of nitrogens with zero attached hydrogens (tertiary/aromatic N) is 1. The smallest absolute Gasteiger partial charge is 0.422 e. The van der Waals surface area contributed by atoms with Gasteiger partial charge in [0.2, 0.25) is 0 Å². The van der Waals surface area contributed by atoms with Gasteiger partial charge in [0, 0.05) is 18.0 Å². The second kappa shape index (κ2) is 8.69. The first-order valence-corrected chi connectivity index (χ1v) is 9.57. The van der Waals surface area contributed by atoms with Crippen molar-refractivity contribution in [2.24, 2.45) is 11.7 Å². The predicted octanol–water partition coefficient (Wildman–Crippen LogP) is 3.30. The minimum atomic E-state index is -4.50. The zero-order valence-corrected chi connectivity index (χ0v) is 17.2. The van der Waals surface area contributed by atoms with Crippen molar-refractivity contribution in [3.8, 4) is 5.75 Å². The molecule has 0 spiro atoms. The number of alkyl halides is 3. The van der Waals surface area contributed by atoms with E-state index in [0.717, 1.165) is 18.9 Å². The van der Waals surface area contributed by atoms with Crippen LogP contribution in [0.1, 0.15) is 43.6 Å². The number of pyridine rings is 1. The third-order valence-corrected chi connectivity index (χ3v) is 5.36. The quantitative estimate of drug-likeness (QED) is 0.547. The fraction of sp³-hybridized carbons (Fsp3) is 0.556. The number of nitrogens with two attached hydrogens (primary N) is 1. The fourth-order valence-electron chi connectivity index (χ4n) is 2.92. The van der Waals surface area contributed by atoms with Crippen LogP contribution in [0.5, 0.6) is 5.75 Å². The molecule has 2 rings (SSSR count). The number of nitrogens with one attached hydrogen (secondary N) is 1. The summed E-state index contributed by atoms with van der Waals surface area (Å²) in [7, 11) is 0. The van der Waals surface area contributed by atoms with Crippen molar-refractivity contribution >= 4 is 21.8 Å². The molecule has 1 aromatic heterocycles. The summed E-state index contributed by atoms with van der Waals surface area (Å²) >= 11 is 3.06. The van der Waals surface area contributed by atoms with Crippen LogP contribution in [0.3, 0.4) is 0 Å². The number of ether oxygens (including phenoxy) is 1. The molecule has 0 aromatic carbocycles. The Morgan fingerprint density at radius 2 is 2.11 bits per heavy atom. The van der Waals surface area contributed by atoms with Crippen LogP contribution in [0.15, 0.2) is 28.0 Å². The molecule has 1 atom stereocenters. The number of aliphatic hydroxyl groups is 1. The average molecular weight is 466 g/mol. The Morgan fingerprint density at radius 3 is 2.61 bits per heavy atom. The number of carbonyl (C=O) groups excluding carboxylic acids is 1. The Kier molecular flexibility index (Phi) is 6.97. The van der Waals surface area contributed by atoms with E-state index in [0.29, 0.717) is 17.7 Å². The van der Waals surface area contributed by atoms with Crippen LogP contribution in [0.25, 0.3) is 0 Å². The van der Waals surface area contributed by atoms with Crippen molar-refractivity contribution < 1.29 is 27.8 Å². The van der Waals surface area contributed by atoms with Gasteiger partial charge in [-0.05, 0) is 53.6 Å². The van der Waals surface area contributed by atoms with Crippen LogP contribution >= 0.6 is 15.9 Å². The highest BCUT2D eigenvalue weighted by molar-refractivity contribution is 9.10. The normalized spacial score (nSPS) is 17.5. The number of rotatable bonds is 8. The molecular formula is C18H23BrF3N3O3. The number of halogens is 4. The lowest BCUT2D eigenvalue weighted by Gasteiger charge is -2.33. The Balaban J connectivity index is 2.26. The van der Waals surface area contributed by atoms with Crippen molar-refractivity contribution in [1.82, 2.24) is 10.3 Å². The lowest BCUT2D eigenvalue weighted by Crippen LogP contribution is -2.52. The van der Waals surface area contributed by atoms with Gasteiger partial charge in [0.1, 0.15) is 11.4 Å². The zero-order chi connectivity index (χ0) is 21.1. The monoisotopic (exact) mass is 465 g/mol. The van der Waals surface area contributed by atoms with E-state index in [1.165, 1.54) is 6.20 Å². The van der Waals surface area contributed by atoms with E-state index in [-0.39, 0.29) is 28.4 Å². The minimum Gasteiger partial charge on any atom is -0.483 e. The van der Waals surface area contributed by atoms with Gasteiger partial charge in [-0.15, -0.1) is 0 Å². The maximum absolute atomic E-state index is 12.8. The Labute approximate surface area is 169 Å². The van der Waals surface area contributed by atoms with E-state index in [4.69, 9.17) is 10.5 Å². The van der Waals surface area contributed by atoms with E-state index >= 15 is 0 Å². The molecular weight excluding hydrogens is 443 g/mol. The van der Waals surface area contributed by atoms with E-state index in [2.05, 4.69) is 26.2 Å². The molecule has 0 bridgehead atoms. The maximum atomic E-state index is 12.8. The predicted molar refractivity (Wildman–Crippen MR) is 101 cm³/mol. The molecule has 10 heteroatoms. The van der Waals surface area contributed by atoms with Gasteiger partial charge in [0.25, 0.3) is 5.91 Å². The molecule has 4 N–H and O–H groups in total. The number of amides is 1. The summed E-state index contributed by atoms with van der Waals surface area (Å²) in [6, 6.07) is 1.14. The molecule has 6 nitrogen and oxygen atoms in total. The van der Waals surface area contributed by atoms with Gasteiger partial charge < -0.3 is 20.9 Å². The van der Waals surface area contributed by atoms with Crippen LogP contribution in [0, 0.1) is 5.92 Å². The molecule has 0 radical (unpaired) electrons. The largest absolute Gasteiger partial charge is 0.483 e. The molecule has 0 aliphatic heterocycles. The summed E-state index contributed by atoms with van der Waals surface area (Å²) in [5, 5.41) is 12.4.